The van der Waals surface area contributed by atoms with Gasteiger partial charge < -0.3 is 0 Å². The molecule has 0 aromatic heterocycles. The molecule has 0 saturated heterocycles. The van der Waals surface area contributed by atoms with Crippen LogP contribution in [0.1, 0.15) is 0 Å². The molecule has 0 aromatic carbocycles. The Morgan fingerprint density at radius 3 is 0.375 bits per heavy atom. The fourth-order valence-corrected chi connectivity index (χ4v) is 0. The van der Waals surface area contributed by atoms with E-state index in [2.05, 4.69) is 0 Å². The molecule has 0 aliphatic heterocycles. The first-order chi connectivity index (χ1) is 0. The van der Waals surface area contributed by atoms with E-state index in [1.165, 1.54) is 0 Å². The Morgan fingerprint density at radius 2 is 0.375 bits per heavy atom. The third-order valence-electron chi connectivity index (χ3n) is 0. The van der Waals surface area contributed by atoms with Gasteiger partial charge in [0.1, 0.15) is 0 Å². The molecular weight excluding hydrogens is 405 g/mol. The summed E-state index contributed by atoms with van der Waals surface area (Å²) in [5.74, 6) is 0. The van der Waals surface area contributed by atoms with Crippen molar-refractivity contribution in [2.45, 2.75) is 0 Å². The van der Waals surface area contributed by atoms with E-state index in [1.54, 1.807) is 0 Å². The van der Waals surface area contributed by atoms with Gasteiger partial charge >= 0.3 is 0 Å². The zero-order valence-corrected chi connectivity index (χ0v) is 9.46. The van der Waals surface area contributed by atoms with Crippen LogP contribution in [0.25, 0.3) is 0 Å². The summed E-state index contributed by atoms with van der Waals surface area (Å²) in [7, 11) is 0. The zero-order valence-electron chi connectivity index (χ0n) is 3.40. The molecule has 0 bridgehead atoms. The van der Waals surface area contributed by atoms with E-state index in [9.17, 15) is 0 Å². The van der Waals surface area contributed by atoms with Crippen molar-refractivity contribution in [3.8, 4) is 0 Å². The van der Waals surface area contributed by atoms with Crippen molar-refractivity contribution in [1.29, 1.82) is 0 Å². The van der Waals surface area contributed by atoms with E-state index in [4.69, 9.17) is 0 Å². The number of halogens is 6. The largest absolute Gasteiger partial charge is 0.269 e. The first-order valence-corrected chi connectivity index (χ1v) is 0. The predicted octanol–water partition coefficient (Wildman–Crippen LogP) is 0.915. The molecule has 2 radical (unpaired) electrons. The van der Waals surface area contributed by atoms with Crippen LogP contribution in [0.4, 0.5) is 28.2 Å². The van der Waals surface area contributed by atoms with Crippen LogP contribution in [0, 0.1) is 85.0 Å². The fraction of sp³-hybridized carbons (Fsp3) is 0. The zero-order chi connectivity index (χ0) is 0. The molecule has 0 nitrogen and oxygen atoms in total. The third kappa shape index (κ3) is 81.3. The van der Waals surface area contributed by atoms with Gasteiger partial charge in [0.25, 0.3) is 0 Å². The van der Waals surface area contributed by atoms with Crippen molar-refractivity contribution >= 4 is 0 Å². The molecule has 0 spiro atoms. The van der Waals surface area contributed by atoms with Crippen molar-refractivity contribution in [3.63, 3.8) is 0 Å². The first-order valence-electron chi connectivity index (χ1n) is 0. The minimum atomic E-state index is 0. The van der Waals surface area contributed by atoms with Gasteiger partial charge in [-0.25, -0.2) is 0 Å². The fourth-order valence-electron chi connectivity index (χ4n) is 0. The maximum Gasteiger partial charge on any atom is 0 e. The van der Waals surface area contributed by atoms with E-state index >= 15 is 0 Å². The van der Waals surface area contributed by atoms with Crippen LogP contribution < -0.4 is 0 Å². The van der Waals surface area contributed by atoms with Gasteiger partial charge in [-0.3, -0.25) is 28.2 Å². The second-order valence-electron chi connectivity index (χ2n) is 0. The van der Waals surface area contributed by atoms with Crippen LogP contribution in [0.2, 0.25) is 0 Å². The van der Waals surface area contributed by atoms with E-state index in [-0.39, 0.29) is 113 Å². The molecule has 0 saturated carbocycles. The molecule has 8 heavy (non-hydrogen) atoms. The Labute approximate surface area is 111 Å². The molecule has 0 aliphatic carbocycles. The summed E-state index contributed by atoms with van der Waals surface area (Å²) in [5, 5.41) is 0. The van der Waals surface area contributed by atoms with Gasteiger partial charge in [0.05, 0.1) is 0 Å². The molecule has 58 valence electrons. The Bertz CT molecular complexity index is 8.49. The molecular formula is H6EuF6La. The van der Waals surface area contributed by atoms with Gasteiger partial charge in [-0.2, -0.15) is 0 Å². The molecule has 0 heterocycles. The summed E-state index contributed by atoms with van der Waals surface area (Å²) >= 11 is 0. The number of hydrogen-bond acceptors (Lipinski definition) is 0. The quantitative estimate of drug-likeness (QED) is 0.521. The summed E-state index contributed by atoms with van der Waals surface area (Å²) in [6.45, 7) is 0. The molecule has 0 aromatic rings. The molecule has 0 fully saturated rings. The number of hydrogen-bond donors (Lipinski definition) is 0. The Hall–Kier alpha value is 2.36. The summed E-state index contributed by atoms with van der Waals surface area (Å²) in [6.07, 6.45) is 0. The maximum absolute atomic E-state index is 0. The third-order valence-corrected chi connectivity index (χ3v) is 0. The first kappa shape index (κ1) is 163. The van der Waals surface area contributed by atoms with Crippen LogP contribution in [-0.4, -0.2) is 0 Å². The molecule has 0 rings (SSSR count). The van der Waals surface area contributed by atoms with Crippen molar-refractivity contribution in [1.82, 2.24) is 0 Å². The Kier molecular flexibility index (Phi) is 2390. The van der Waals surface area contributed by atoms with E-state index in [1.807, 2.05) is 0 Å². The van der Waals surface area contributed by atoms with Gasteiger partial charge in [-0.15, -0.1) is 0 Å². The predicted molar refractivity (Wildman–Crippen MR) is 15.0 cm³/mol. The standard InChI is InChI=1S/Eu.6FH.La/h;6*1H;. The molecule has 0 atom stereocenters. The van der Waals surface area contributed by atoms with Crippen LogP contribution in [0.3, 0.4) is 0 Å². The summed E-state index contributed by atoms with van der Waals surface area (Å²) in [5.41, 5.74) is 0. The second kappa shape index (κ2) is 117. The maximum atomic E-state index is 0. The van der Waals surface area contributed by atoms with Crippen molar-refractivity contribution in [3.05, 3.63) is 0 Å². The van der Waals surface area contributed by atoms with Crippen molar-refractivity contribution in [2.75, 3.05) is 0 Å². The van der Waals surface area contributed by atoms with Crippen molar-refractivity contribution in [2.24, 2.45) is 0 Å². The van der Waals surface area contributed by atoms with Crippen LogP contribution in [0.5, 0.6) is 0 Å². The summed E-state index contributed by atoms with van der Waals surface area (Å²) in [6, 6.07) is 0. The van der Waals surface area contributed by atoms with Gasteiger partial charge in [-0.05, 0) is 0 Å². The number of rotatable bonds is 0. The van der Waals surface area contributed by atoms with E-state index in [0.29, 0.717) is 0 Å². The molecule has 0 aliphatic rings. The normalized spacial score (nSPS) is 0. The topological polar surface area (TPSA) is 0 Å². The van der Waals surface area contributed by atoms with Gasteiger partial charge in [0.2, 0.25) is 0 Å². The molecule has 0 N–H and O–H groups in total. The average molecular weight is 411 g/mol. The SMILES string of the molecule is F.F.F.F.F.F.[Eu].[La]. The molecule has 8 heteroatoms. The average Bonchev–Trinajstić information content (AvgIpc) is 0. The van der Waals surface area contributed by atoms with Crippen LogP contribution in [-0.2, 0) is 0 Å². The monoisotopic (exact) mass is 412 g/mol. The Morgan fingerprint density at radius 1 is 0.375 bits per heavy atom. The van der Waals surface area contributed by atoms with Crippen LogP contribution >= 0.6 is 0 Å². The molecule has 0 unspecified atom stereocenters. The van der Waals surface area contributed by atoms with Gasteiger partial charge in [0.15, 0.2) is 0 Å². The smallest absolute Gasteiger partial charge is 0 e. The molecule has 0 amide bonds. The Balaban J connectivity index is 0. The van der Waals surface area contributed by atoms with E-state index < -0.39 is 0 Å². The van der Waals surface area contributed by atoms with Crippen molar-refractivity contribution < 1.29 is 113 Å². The minimum Gasteiger partial charge on any atom is -0.269 e. The van der Waals surface area contributed by atoms with Gasteiger partial charge in [0, 0.05) is 85.0 Å². The summed E-state index contributed by atoms with van der Waals surface area (Å²) < 4.78 is 0. The van der Waals surface area contributed by atoms with E-state index in [0.717, 1.165) is 0 Å². The second-order valence-corrected chi connectivity index (χ2v) is 0. The summed E-state index contributed by atoms with van der Waals surface area (Å²) in [4.78, 5) is 0. The van der Waals surface area contributed by atoms with Gasteiger partial charge in [-0.1, -0.05) is 0 Å². The minimum absolute atomic E-state index is 0. The van der Waals surface area contributed by atoms with Crippen LogP contribution in [0.15, 0.2) is 0 Å².